The number of hydrogen-bond donors (Lipinski definition) is 1. The van der Waals surface area contributed by atoms with E-state index in [9.17, 15) is 19.3 Å². The molecule has 10 heteroatoms. The second-order valence-electron chi connectivity index (χ2n) is 8.46. The van der Waals surface area contributed by atoms with Gasteiger partial charge in [0.2, 0.25) is 5.91 Å². The van der Waals surface area contributed by atoms with Gasteiger partial charge in [0.05, 0.1) is 23.1 Å². The number of anilines is 2. The number of benzene rings is 2. The van der Waals surface area contributed by atoms with Gasteiger partial charge in [0, 0.05) is 62.0 Å². The van der Waals surface area contributed by atoms with Crippen LogP contribution in [0.3, 0.4) is 0 Å². The summed E-state index contributed by atoms with van der Waals surface area (Å²) in [6.07, 6.45) is 5.30. The molecule has 2 aliphatic heterocycles. The smallest absolute Gasteiger partial charge is 0.269 e. The van der Waals surface area contributed by atoms with Crippen molar-refractivity contribution in [1.82, 2.24) is 15.3 Å². The molecular formula is C24H23FN6O3. The van der Waals surface area contributed by atoms with Gasteiger partial charge in [-0.05, 0) is 24.1 Å². The van der Waals surface area contributed by atoms with Gasteiger partial charge < -0.3 is 15.1 Å². The number of nitrogens with one attached hydrogen (secondary N) is 1. The number of carbonyl (C=O) groups is 1. The van der Waals surface area contributed by atoms with Gasteiger partial charge in [0.15, 0.2) is 0 Å². The van der Waals surface area contributed by atoms with Crippen LogP contribution in [0, 0.1) is 21.8 Å². The fourth-order valence-electron chi connectivity index (χ4n) is 4.84. The van der Waals surface area contributed by atoms with Gasteiger partial charge in [0.25, 0.3) is 5.69 Å². The van der Waals surface area contributed by atoms with Gasteiger partial charge >= 0.3 is 0 Å². The Bertz CT molecular complexity index is 1220. The fraction of sp³-hybridized carbons (Fsp3) is 0.292. The van der Waals surface area contributed by atoms with Gasteiger partial charge in [-0.1, -0.05) is 18.2 Å². The summed E-state index contributed by atoms with van der Waals surface area (Å²) in [5.74, 6) is -0.320. The molecule has 2 atom stereocenters. The maximum absolute atomic E-state index is 14.1. The highest BCUT2D eigenvalue weighted by Gasteiger charge is 2.42. The van der Waals surface area contributed by atoms with Crippen molar-refractivity contribution in [3.8, 4) is 0 Å². The molecule has 34 heavy (non-hydrogen) atoms. The van der Waals surface area contributed by atoms with Crippen LogP contribution in [0.25, 0.3) is 0 Å². The summed E-state index contributed by atoms with van der Waals surface area (Å²) in [5.41, 5.74) is 2.09. The lowest BCUT2D eigenvalue weighted by atomic mass is 9.83. The first-order valence-corrected chi connectivity index (χ1v) is 11.1. The van der Waals surface area contributed by atoms with Crippen molar-refractivity contribution in [3.63, 3.8) is 0 Å². The molecule has 0 unspecified atom stereocenters. The zero-order valence-electron chi connectivity index (χ0n) is 18.3. The van der Waals surface area contributed by atoms with E-state index in [-0.39, 0.29) is 30.0 Å². The number of aromatic nitrogens is 2. The van der Waals surface area contributed by atoms with Crippen molar-refractivity contribution >= 4 is 23.1 Å². The first kappa shape index (κ1) is 21.7. The zero-order valence-corrected chi connectivity index (χ0v) is 18.3. The topological polar surface area (TPSA) is 104 Å². The second-order valence-corrected chi connectivity index (χ2v) is 8.46. The second kappa shape index (κ2) is 9.05. The number of halogens is 1. The number of nitro benzene ring substituents is 1. The van der Waals surface area contributed by atoms with E-state index in [1.165, 1.54) is 12.1 Å². The molecule has 174 valence electrons. The maximum atomic E-state index is 14.1. The number of piperazine rings is 1. The van der Waals surface area contributed by atoms with Crippen LogP contribution in [0.15, 0.2) is 61.1 Å². The molecule has 3 heterocycles. The van der Waals surface area contributed by atoms with E-state index in [0.29, 0.717) is 31.6 Å². The third-order valence-corrected chi connectivity index (χ3v) is 6.53. The monoisotopic (exact) mass is 462 g/mol. The Balaban J connectivity index is 1.44. The van der Waals surface area contributed by atoms with Crippen LogP contribution in [0.2, 0.25) is 0 Å². The Morgan fingerprint density at radius 3 is 2.82 bits per heavy atom. The predicted molar refractivity (Wildman–Crippen MR) is 124 cm³/mol. The van der Waals surface area contributed by atoms with E-state index >= 15 is 0 Å². The molecule has 0 bridgehead atoms. The summed E-state index contributed by atoms with van der Waals surface area (Å²) in [7, 11) is 0. The molecule has 0 radical (unpaired) electrons. The van der Waals surface area contributed by atoms with Crippen LogP contribution in [0.1, 0.15) is 11.1 Å². The number of rotatable bonds is 5. The number of non-ortho nitro benzene ring substituents is 1. The summed E-state index contributed by atoms with van der Waals surface area (Å²) in [6.45, 7) is 1.93. The SMILES string of the molecule is O=C(NCc1ccccc1F)[C@H]1Cc2cc([N+](=O)[O-])ccc2N2CCN(c3cnccn3)C[C@H]12. The van der Waals surface area contributed by atoms with Crippen LogP contribution in [-0.4, -0.2) is 46.5 Å². The molecule has 2 aromatic carbocycles. The fourth-order valence-corrected chi connectivity index (χ4v) is 4.84. The maximum Gasteiger partial charge on any atom is 0.269 e. The lowest BCUT2D eigenvalue weighted by Crippen LogP contribution is -2.61. The van der Waals surface area contributed by atoms with Crippen LogP contribution >= 0.6 is 0 Å². The van der Waals surface area contributed by atoms with Crippen molar-refractivity contribution in [2.45, 2.75) is 19.0 Å². The molecule has 5 rings (SSSR count). The molecule has 1 aromatic heterocycles. The van der Waals surface area contributed by atoms with Crippen molar-refractivity contribution in [2.24, 2.45) is 5.92 Å². The Hall–Kier alpha value is -4.08. The average molecular weight is 462 g/mol. The van der Waals surface area contributed by atoms with Crippen LogP contribution in [-0.2, 0) is 17.8 Å². The van der Waals surface area contributed by atoms with Crippen molar-refractivity contribution in [3.05, 3.63) is 88.1 Å². The lowest BCUT2D eigenvalue weighted by Gasteiger charge is -2.49. The van der Waals surface area contributed by atoms with Gasteiger partial charge in [-0.2, -0.15) is 0 Å². The van der Waals surface area contributed by atoms with Gasteiger partial charge in [0.1, 0.15) is 11.6 Å². The highest BCUT2D eigenvalue weighted by molar-refractivity contribution is 5.82. The van der Waals surface area contributed by atoms with E-state index in [2.05, 4.69) is 25.1 Å². The molecule has 1 N–H and O–H groups in total. The molecular weight excluding hydrogens is 439 g/mol. The van der Waals surface area contributed by atoms with E-state index in [1.54, 1.807) is 48.9 Å². The molecule has 1 saturated heterocycles. The minimum absolute atomic E-state index is 0.000843. The third-order valence-electron chi connectivity index (χ3n) is 6.53. The largest absolute Gasteiger partial charge is 0.364 e. The van der Waals surface area contributed by atoms with Crippen LogP contribution < -0.4 is 15.1 Å². The zero-order chi connectivity index (χ0) is 23.7. The van der Waals surface area contributed by atoms with Crippen molar-refractivity contribution in [2.75, 3.05) is 29.4 Å². The van der Waals surface area contributed by atoms with E-state index in [1.807, 2.05) is 0 Å². The number of hydrogen-bond acceptors (Lipinski definition) is 7. The summed E-state index contributed by atoms with van der Waals surface area (Å²) in [6, 6.07) is 11.0. The molecule has 0 aliphatic carbocycles. The van der Waals surface area contributed by atoms with Gasteiger partial charge in [-0.3, -0.25) is 19.9 Å². The summed E-state index contributed by atoms with van der Waals surface area (Å²) >= 11 is 0. The van der Waals surface area contributed by atoms with Gasteiger partial charge in [-0.25, -0.2) is 9.37 Å². The van der Waals surface area contributed by atoms with Gasteiger partial charge in [-0.15, -0.1) is 0 Å². The van der Waals surface area contributed by atoms with Crippen LogP contribution in [0.5, 0.6) is 0 Å². The highest BCUT2D eigenvalue weighted by atomic mass is 19.1. The predicted octanol–water partition coefficient (Wildman–Crippen LogP) is 2.71. The van der Waals surface area contributed by atoms with Crippen LogP contribution in [0.4, 0.5) is 21.6 Å². The Morgan fingerprint density at radius 1 is 1.21 bits per heavy atom. The Labute approximate surface area is 195 Å². The first-order chi connectivity index (χ1) is 16.5. The van der Waals surface area contributed by atoms with E-state index in [0.717, 1.165) is 17.1 Å². The highest BCUT2D eigenvalue weighted by Crippen LogP contribution is 2.38. The molecule has 1 fully saturated rings. The standard InChI is InChI=1S/C24H23FN6O3/c25-20-4-2-1-3-16(20)13-28-24(32)19-12-17-11-18(31(33)34)5-6-21(17)30-10-9-29(15-22(19)30)23-14-26-7-8-27-23/h1-8,11,14,19,22H,9-10,12-13,15H2,(H,28,32)/t19-,22+/m0/s1. The third kappa shape index (κ3) is 4.14. The first-order valence-electron chi connectivity index (χ1n) is 11.1. The van der Waals surface area contributed by atoms with Crippen molar-refractivity contribution < 1.29 is 14.1 Å². The molecule has 1 amide bonds. The molecule has 9 nitrogen and oxygen atoms in total. The van der Waals surface area contributed by atoms with E-state index < -0.39 is 10.8 Å². The minimum atomic E-state index is -0.472. The molecule has 0 saturated carbocycles. The normalized spacial score (nSPS) is 19.2. The lowest BCUT2D eigenvalue weighted by molar-refractivity contribution is -0.384. The number of fused-ring (bicyclic) bond motifs is 3. The Kier molecular flexibility index (Phi) is 5.79. The summed E-state index contributed by atoms with van der Waals surface area (Å²) in [4.78, 5) is 37.1. The summed E-state index contributed by atoms with van der Waals surface area (Å²) in [5, 5.41) is 14.2. The summed E-state index contributed by atoms with van der Waals surface area (Å²) < 4.78 is 14.1. The molecule has 0 spiro atoms. The average Bonchev–Trinajstić information content (AvgIpc) is 2.87. The van der Waals surface area contributed by atoms with Crippen molar-refractivity contribution in [1.29, 1.82) is 0 Å². The minimum Gasteiger partial charge on any atom is -0.364 e. The number of nitrogens with zero attached hydrogens (tertiary/aromatic N) is 5. The van der Waals surface area contributed by atoms with E-state index in [4.69, 9.17) is 0 Å². The number of amides is 1. The molecule has 3 aromatic rings. The number of nitro groups is 1. The Morgan fingerprint density at radius 2 is 2.06 bits per heavy atom. The molecule has 2 aliphatic rings. The quantitative estimate of drug-likeness (QED) is 0.459. The number of carbonyl (C=O) groups excluding carboxylic acids is 1.